The van der Waals surface area contributed by atoms with Crippen LogP contribution >= 0.6 is 0 Å². The minimum Gasteiger partial charge on any atom is -0.512 e. The van der Waals surface area contributed by atoms with Crippen LogP contribution in [0.2, 0.25) is 0 Å². The molecular weight excluding hydrogens is 549 g/mol. The second kappa shape index (κ2) is 14.5. The van der Waals surface area contributed by atoms with Crippen LogP contribution in [0.4, 0.5) is 13.2 Å². The van der Waals surface area contributed by atoms with Crippen LogP contribution in [-0.4, -0.2) is 15.0 Å². The van der Waals surface area contributed by atoms with Gasteiger partial charge in [0.1, 0.15) is 17.5 Å². The van der Waals surface area contributed by atoms with Gasteiger partial charge >= 0.3 is 20.1 Å². The molecule has 0 saturated carbocycles. The van der Waals surface area contributed by atoms with Crippen molar-refractivity contribution >= 4 is 0 Å². The molecule has 0 spiro atoms. The largest absolute Gasteiger partial charge is 3.00 e. The van der Waals surface area contributed by atoms with Crippen molar-refractivity contribution in [3.8, 4) is 22.8 Å². The first-order valence-electron chi connectivity index (χ1n) is 6.70. The molecular formula is C18H8F3IrN6. The molecule has 0 saturated heterocycles. The van der Waals surface area contributed by atoms with E-state index in [2.05, 4.69) is 15.0 Å². The van der Waals surface area contributed by atoms with Gasteiger partial charge in [-0.15, -0.1) is 0 Å². The molecule has 0 N–H and O–H groups in total. The van der Waals surface area contributed by atoms with E-state index in [-0.39, 0.29) is 42.9 Å². The van der Waals surface area contributed by atoms with E-state index >= 15 is 0 Å². The number of pyridine rings is 3. The summed E-state index contributed by atoms with van der Waals surface area (Å²) in [6.45, 7) is 14.2. The SMILES string of the molecule is Fc1ccnc(-c2cc(F)cc(-c3cc(F)ccn3)n2)c1.[C-]#N.[C-]#N.[C-]#N.[Ir+3]. The van der Waals surface area contributed by atoms with E-state index in [4.69, 9.17) is 35.5 Å². The first kappa shape index (κ1) is 26.6. The zero-order valence-corrected chi connectivity index (χ0v) is 16.2. The second-order valence-electron chi connectivity index (χ2n) is 4.27. The van der Waals surface area contributed by atoms with Crippen LogP contribution in [0.3, 0.4) is 0 Å². The molecule has 0 aromatic carbocycles. The monoisotopic (exact) mass is 558 g/mol. The fourth-order valence-corrected chi connectivity index (χ4v) is 1.85. The van der Waals surface area contributed by atoms with Crippen LogP contribution in [0.25, 0.3) is 22.8 Å². The number of halogens is 3. The van der Waals surface area contributed by atoms with Crippen molar-refractivity contribution in [2.75, 3.05) is 0 Å². The van der Waals surface area contributed by atoms with E-state index in [1.165, 1.54) is 24.5 Å². The molecule has 0 unspecified atom stereocenters. The number of rotatable bonds is 2. The topological polar surface area (TPSA) is 110 Å². The van der Waals surface area contributed by atoms with Gasteiger partial charge < -0.3 is 35.5 Å². The predicted octanol–water partition coefficient (Wildman–Crippen LogP) is 3.91. The van der Waals surface area contributed by atoms with Crippen LogP contribution in [0.5, 0.6) is 0 Å². The van der Waals surface area contributed by atoms with Crippen molar-refractivity contribution in [2.24, 2.45) is 0 Å². The van der Waals surface area contributed by atoms with Gasteiger partial charge in [-0.1, -0.05) is 0 Å². The number of aromatic nitrogens is 3. The molecule has 0 atom stereocenters. The van der Waals surface area contributed by atoms with Gasteiger partial charge in [-0.3, -0.25) is 9.97 Å². The van der Waals surface area contributed by atoms with E-state index in [1.807, 2.05) is 0 Å². The van der Waals surface area contributed by atoms with Crippen molar-refractivity contribution in [1.82, 2.24) is 15.0 Å². The Morgan fingerprint density at radius 1 is 0.571 bits per heavy atom. The van der Waals surface area contributed by atoms with Crippen LogP contribution in [0.1, 0.15) is 0 Å². The Morgan fingerprint density at radius 3 is 1.21 bits per heavy atom. The Bertz CT molecular complexity index is 866. The fraction of sp³-hybridized carbons (Fsp3) is 0. The Morgan fingerprint density at radius 2 is 0.893 bits per heavy atom. The van der Waals surface area contributed by atoms with Gasteiger partial charge in [0, 0.05) is 36.7 Å². The summed E-state index contributed by atoms with van der Waals surface area (Å²) in [5.41, 5.74) is 0.672. The Kier molecular flexibility index (Phi) is 13.8. The van der Waals surface area contributed by atoms with Crippen molar-refractivity contribution < 1.29 is 33.3 Å². The summed E-state index contributed by atoms with van der Waals surface area (Å²) in [7, 11) is 0. The maximum Gasteiger partial charge on any atom is 3.00 e. The quantitative estimate of drug-likeness (QED) is 0.442. The minimum atomic E-state index is -0.591. The van der Waals surface area contributed by atoms with Crippen LogP contribution in [-0.2, 0) is 20.1 Å². The summed E-state index contributed by atoms with van der Waals surface area (Å²) < 4.78 is 40.1. The average Bonchev–Trinajstić information content (AvgIpc) is 2.72. The third-order valence-corrected chi connectivity index (χ3v) is 2.76. The molecule has 28 heavy (non-hydrogen) atoms. The standard InChI is InChI=1S/C15H8F3N3.3CN.Ir/c16-9-1-3-19-12(5-9)14-7-11(18)8-15(21-14)13-6-10(17)2-4-20-13;3*1-2;/h1-8H;;;;/q;3*-1;+3. The Labute approximate surface area is 172 Å². The molecule has 0 aliphatic carbocycles. The van der Waals surface area contributed by atoms with Gasteiger partial charge in [0.05, 0.1) is 22.8 Å². The van der Waals surface area contributed by atoms with Crippen molar-refractivity contribution in [2.45, 2.75) is 0 Å². The van der Waals surface area contributed by atoms with Gasteiger partial charge in [0.2, 0.25) is 0 Å². The summed E-state index contributed by atoms with van der Waals surface area (Å²) in [4.78, 5) is 12.0. The summed E-state index contributed by atoms with van der Waals surface area (Å²) in [6, 6.07) is 6.90. The molecule has 3 heterocycles. The zero-order valence-electron chi connectivity index (χ0n) is 13.8. The zero-order chi connectivity index (χ0) is 20.8. The smallest absolute Gasteiger partial charge is 0.512 e. The van der Waals surface area contributed by atoms with Crippen LogP contribution < -0.4 is 0 Å². The maximum absolute atomic E-state index is 13.7. The molecule has 6 nitrogen and oxygen atoms in total. The summed E-state index contributed by atoms with van der Waals surface area (Å²) in [5, 5.41) is 18.8. The van der Waals surface area contributed by atoms with Gasteiger partial charge in [-0.2, -0.15) is 0 Å². The average molecular weight is 558 g/mol. The minimum absolute atomic E-state index is 0. The molecule has 0 aliphatic rings. The molecule has 0 bridgehead atoms. The first-order valence-corrected chi connectivity index (χ1v) is 6.70. The molecule has 140 valence electrons. The molecule has 0 radical (unpaired) electrons. The van der Waals surface area contributed by atoms with Gasteiger partial charge in [0.15, 0.2) is 0 Å². The van der Waals surface area contributed by atoms with Gasteiger partial charge in [-0.05, 0) is 12.1 Å². The van der Waals surface area contributed by atoms with Crippen LogP contribution in [0, 0.1) is 53.0 Å². The summed E-state index contributed by atoms with van der Waals surface area (Å²) >= 11 is 0. The number of hydrogen-bond acceptors (Lipinski definition) is 6. The third kappa shape index (κ3) is 7.72. The Hall–Kier alpha value is -3.64. The van der Waals surface area contributed by atoms with Crippen LogP contribution in [0.15, 0.2) is 48.8 Å². The second-order valence-corrected chi connectivity index (χ2v) is 4.27. The van der Waals surface area contributed by atoms with E-state index < -0.39 is 17.5 Å². The molecule has 0 amide bonds. The van der Waals surface area contributed by atoms with Crippen molar-refractivity contribution in [1.29, 1.82) is 15.8 Å². The number of nitrogens with zero attached hydrogens (tertiary/aromatic N) is 6. The number of hydrogen-bond donors (Lipinski definition) is 0. The molecule has 3 aromatic heterocycles. The molecule has 3 rings (SSSR count). The summed E-state index contributed by atoms with van der Waals surface area (Å²) in [6.07, 6.45) is 2.52. The molecule has 3 aromatic rings. The fourth-order valence-electron chi connectivity index (χ4n) is 1.85. The van der Waals surface area contributed by atoms with E-state index in [9.17, 15) is 13.2 Å². The maximum atomic E-state index is 13.7. The molecule has 0 fully saturated rings. The third-order valence-electron chi connectivity index (χ3n) is 2.76. The Balaban J connectivity index is 0. The van der Waals surface area contributed by atoms with Gasteiger partial charge in [-0.25, -0.2) is 18.2 Å². The normalized spacial score (nSPS) is 8.18. The van der Waals surface area contributed by atoms with E-state index in [1.54, 1.807) is 0 Å². The van der Waals surface area contributed by atoms with Crippen molar-refractivity contribution in [3.05, 3.63) is 86.0 Å². The van der Waals surface area contributed by atoms with Crippen molar-refractivity contribution in [3.63, 3.8) is 0 Å². The van der Waals surface area contributed by atoms with E-state index in [0.717, 1.165) is 24.3 Å². The predicted molar refractivity (Wildman–Crippen MR) is 85.5 cm³/mol. The first-order chi connectivity index (χ1) is 13.1. The molecule has 10 heteroatoms. The molecule has 0 aliphatic heterocycles. The van der Waals surface area contributed by atoms with Gasteiger partial charge in [0.25, 0.3) is 0 Å². The van der Waals surface area contributed by atoms with E-state index in [0.29, 0.717) is 0 Å². The summed E-state index contributed by atoms with van der Waals surface area (Å²) in [5.74, 6) is -1.60.